The normalized spacial score (nSPS) is 9.57. The summed E-state index contributed by atoms with van der Waals surface area (Å²) in [6, 6.07) is 0. The van der Waals surface area contributed by atoms with Crippen LogP contribution in [-0.4, -0.2) is 28.6 Å². The lowest BCUT2D eigenvalue weighted by atomic mass is 10.2. The van der Waals surface area contributed by atoms with E-state index in [1.807, 2.05) is 0 Å². The van der Waals surface area contributed by atoms with Crippen LogP contribution < -0.4 is 0 Å². The minimum Gasteiger partial charge on any atom is -0.465 e. The number of esters is 1. The predicted molar refractivity (Wildman–Crippen MR) is 49.1 cm³/mol. The van der Waals surface area contributed by atoms with Crippen molar-refractivity contribution < 1.29 is 14.3 Å². The van der Waals surface area contributed by atoms with Gasteiger partial charge in [-0.1, -0.05) is 6.58 Å². The van der Waals surface area contributed by atoms with Gasteiger partial charge in [0.2, 0.25) is 5.78 Å². The highest BCUT2D eigenvalue weighted by molar-refractivity contribution is 6.09. The van der Waals surface area contributed by atoms with Crippen LogP contribution in [0, 0.1) is 0 Å². The Labute approximate surface area is 81.0 Å². The Morgan fingerprint density at radius 1 is 1.64 bits per heavy atom. The summed E-state index contributed by atoms with van der Waals surface area (Å²) in [6.07, 6.45) is 2.42. The van der Waals surface area contributed by atoms with Gasteiger partial charge in [0.25, 0.3) is 0 Å². The van der Waals surface area contributed by atoms with Crippen molar-refractivity contribution in [2.75, 3.05) is 7.11 Å². The summed E-state index contributed by atoms with van der Waals surface area (Å²) in [5.41, 5.74) is 0.340. The lowest BCUT2D eigenvalue weighted by Crippen LogP contribution is -2.11. The fourth-order valence-electron chi connectivity index (χ4n) is 1.09. The van der Waals surface area contributed by atoms with Gasteiger partial charge in [0.05, 0.1) is 13.3 Å². The third-order valence-corrected chi connectivity index (χ3v) is 1.76. The molecule has 0 aliphatic carbocycles. The van der Waals surface area contributed by atoms with Gasteiger partial charge in [-0.25, -0.2) is 4.79 Å². The second kappa shape index (κ2) is 3.87. The number of aryl methyl sites for hydroxylation is 1. The number of carbonyl (C=O) groups is 2. The Hall–Kier alpha value is -1.91. The number of ketones is 1. The van der Waals surface area contributed by atoms with Crippen LogP contribution in [-0.2, 0) is 11.8 Å². The molecule has 0 spiro atoms. The van der Waals surface area contributed by atoms with E-state index in [2.05, 4.69) is 16.4 Å². The van der Waals surface area contributed by atoms with Crippen molar-refractivity contribution in [3.63, 3.8) is 0 Å². The molecule has 0 atom stereocenters. The summed E-state index contributed by atoms with van der Waals surface area (Å²) in [7, 11) is 2.82. The number of rotatable bonds is 3. The summed E-state index contributed by atoms with van der Waals surface area (Å²) >= 11 is 0. The van der Waals surface area contributed by atoms with E-state index in [1.54, 1.807) is 7.05 Å². The van der Waals surface area contributed by atoms with Crippen molar-refractivity contribution in [1.82, 2.24) is 9.78 Å². The molecule has 0 saturated carbocycles. The monoisotopic (exact) mass is 194 g/mol. The Bertz CT molecular complexity index is 393. The minimum absolute atomic E-state index is 0.153. The number of aromatic nitrogens is 2. The molecule has 5 heteroatoms. The van der Waals surface area contributed by atoms with Crippen LogP contribution in [0.3, 0.4) is 0 Å². The summed E-state index contributed by atoms with van der Waals surface area (Å²) in [6.45, 7) is 3.34. The molecule has 0 aliphatic heterocycles. The first-order chi connectivity index (χ1) is 6.61. The number of allylic oxidation sites excluding steroid dienone is 1. The van der Waals surface area contributed by atoms with Gasteiger partial charge in [0, 0.05) is 7.05 Å². The molecule has 0 bridgehead atoms. The molecule has 1 aromatic rings. The van der Waals surface area contributed by atoms with E-state index in [-0.39, 0.29) is 17.0 Å². The zero-order valence-corrected chi connectivity index (χ0v) is 7.98. The van der Waals surface area contributed by atoms with E-state index in [1.165, 1.54) is 18.0 Å². The highest BCUT2D eigenvalue weighted by Crippen LogP contribution is 2.09. The van der Waals surface area contributed by atoms with Crippen molar-refractivity contribution in [3.05, 3.63) is 30.1 Å². The average molecular weight is 194 g/mol. The maximum Gasteiger partial charge on any atom is 0.341 e. The van der Waals surface area contributed by atoms with Gasteiger partial charge in [-0.2, -0.15) is 5.10 Å². The molecule has 1 heterocycles. The summed E-state index contributed by atoms with van der Waals surface area (Å²) in [5, 5.41) is 3.80. The summed E-state index contributed by atoms with van der Waals surface area (Å²) in [5.74, 6) is -0.936. The smallest absolute Gasteiger partial charge is 0.341 e. The molecule has 0 fully saturated rings. The van der Waals surface area contributed by atoms with Gasteiger partial charge in [-0.3, -0.25) is 9.48 Å². The molecular formula is C9H10N2O3. The molecule has 0 aliphatic rings. The molecule has 0 amide bonds. The van der Waals surface area contributed by atoms with E-state index < -0.39 is 5.97 Å². The van der Waals surface area contributed by atoms with E-state index in [0.29, 0.717) is 0 Å². The van der Waals surface area contributed by atoms with Crippen LogP contribution in [0.15, 0.2) is 18.9 Å². The highest BCUT2D eigenvalue weighted by atomic mass is 16.5. The van der Waals surface area contributed by atoms with Gasteiger partial charge in [0.15, 0.2) is 0 Å². The van der Waals surface area contributed by atoms with Gasteiger partial charge >= 0.3 is 5.97 Å². The van der Waals surface area contributed by atoms with Crippen molar-refractivity contribution in [1.29, 1.82) is 0 Å². The number of methoxy groups -OCH3 is 1. The summed E-state index contributed by atoms with van der Waals surface area (Å²) < 4.78 is 5.82. The van der Waals surface area contributed by atoms with Crippen LogP contribution >= 0.6 is 0 Å². The second-order valence-corrected chi connectivity index (χ2v) is 2.59. The van der Waals surface area contributed by atoms with Crippen LogP contribution in [0.5, 0.6) is 0 Å². The molecule has 0 saturated heterocycles. The topological polar surface area (TPSA) is 61.2 Å². The fourth-order valence-corrected chi connectivity index (χ4v) is 1.09. The molecule has 74 valence electrons. The Morgan fingerprint density at radius 2 is 2.29 bits per heavy atom. The molecule has 0 unspecified atom stereocenters. The largest absolute Gasteiger partial charge is 0.465 e. The van der Waals surface area contributed by atoms with E-state index in [4.69, 9.17) is 0 Å². The average Bonchev–Trinajstić information content (AvgIpc) is 2.58. The van der Waals surface area contributed by atoms with Gasteiger partial charge in [-0.15, -0.1) is 0 Å². The first-order valence-corrected chi connectivity index (χ1v) is 3.89. The quantitative estimate of drug-likeness (QED) is 0.401. The molecule has 0 N–H and O–H groups in total. The van der Waals surface area contributed by atoms with E-state index in [9.17, 15) is 9.59 Å². The third kappa shape index (κ3) is 1.56. The lowest BCUT2D eigenvalue weighted by molar-refractivity contribution is 0.0597. The second-order valence-electron chi connectivity index (χ2n) is 2.59. The van der Waals surface area contributed by atoms with Crippen LogP contribution in [0.1, 0.15) is 20.8 Å². The van der Waals surface area contributed by atoms with Crippen molar-refractivity contribution in [2.24, 2.45) is 7.05 Å². The van der Waals surface area contributed by atoms with E-state index >= 15 is 0 Å². The number of hydrogen-bond acceptors (Lipinski definition) is 4. The SMILES string of the molecule is C=CC(=O)c1c(C(=O)OC)cnn1C. The first-order valence-electron chi connectivity index (χ1n) is 3.89. The zero-order chi connectivity index (χ0) is 10.7. The van der Waals surface area contributed by atoms with Crippen LogP contribution in [0.25, 0.3) is 0 Å². The van der Waals surface area contributed by atoms with Crippen LogP contribution in [0.2, 0.25) is 0 Å². The number of ether oxygens (including phenoxy) is 1. The standard InChI is InChI=1S/C9H10N2O3/c1-4-7(12)8-6(9(13)14-3)5-10-11(8)2/h4-5H,1H2,2-3H3. The fraction of sp³-hybridized carbons (Fsp3) is 0.222. The zero-order valence-electron chi connectivity index (χ0n) is 7.98. The third-order valence-electron chi connectivity index (χ3n) is 1.76. The lowest BCUT2D eigenvalue weighted by Gasteiger charge is -2.00. The highest BCUT2D eigenvalue weighted by Gasteiger charge is 2.20. The molecular weight excluding hydrogens is 184 g/mol. The van der Waals surface area contributed by atoms with Gasteiger partial charge in [0.1, 0.15) is 11.3 Å². The van der Waals surface area contributed by atoms with Crippen molar-refractivity contribution in [2.45, 2.75) is 0 Å². The maximum atomic E-state index is 11.3. The maximum absolute atomic E-state index is 11.3. The van der Waals surface area contributed by atoms with Crippen LogP contribution in [0.4, 0.5) is 0 Å². The molecule has 0 aromatic carbocycles. The Morgan fingerprint density at radius 3 is 2.79 bits per heavy atom. The predicted octanol–water partition coefficient (Wildman–Crippen LogP) is 0.575. The van der Waals surface area contributed by atoms with Gasteiger partial charge in [-0.05, 0) is 6.08 Å². The molecule has 5 nitrogen and oxygen atoms in total. The minimum atomic E-state index is -0.580. The Kier molecular flexibility index (Phi) is 2.81. The Balaban J connectivity index is 3.25. The molecule has 14 heavy (non-hydrogen) atoms. The molecule has 1 rings (SSSR count). The van der Waals surface area contributed by atoms with Crippen molar-refractivity contribution in [3.8, 4) is 0 Å². The summed E-state index contributed by atoms with van der Waals surface area (Å²) in [4.78, 5) is 22.6. The number of hydrogen-bond donors (Lipinski definition) is 0. The molecule has 0 radical (unpaired) electrons. The number of nitrogens with zero attached hydrogens (tertiary/aromatic N) is 2. The van der Waals surface area contributed by atoms with E-state index in [0.717, 1.165) is 6.08 Å². The molecule has 1 aromatic heterocycles. The van der Waals surface area contributed by atoms with Crippen molar-refractivity contribution >= 4 is 11.8 Å². The van der Waals surface area contributed by atoms with Gasteiger partial charge < -0.3 is 4.74 Å². The number of carbonyl (C=O) groups excluding carboxylic acids is 2. The first kappa shape index (κ1) is 10.2.